The van der Waals surface area contributed by atoms with Gasteiger partial charge in [-0.2, -0.15) is 0 Å². The Morgan fingerprint density at radius 1 is 1.17 bits per heavy atom. The Kier molecular flexibility index (Phi) is 9.56. The van der Waals surface area contributed by atoms with Crippen molar-refractivity contribution in [3.63, 3.8) is 0 Å². The number of amides is 1. The van der Waals surface area contributed by atoms with Gasteiger partial charge >= 0.3 is 0 Å². The molecule has 0 aromatic heterocycles. The van der Waals surface area contributed by atoms with Crippen LogP contribution in [0.25, 0.3) is 0 Å². The van der Waals surface area contributed by atoms with Gasteiger partial charge < -0.3 is 11.1 Å². The zero-order chi connectivity index (χ0) is 16.5. The summed E-state index contributed by atoms with van der Waals surface area (Å²) in [5, 5.41) is 2.92. The second-order valence-corrected chi connectivity index (χ2v) is 8.14. The third-order valence-electron chi connectivity index (χ3n) is 4.71. The maximum Gasteiger partial charge on any atom is 0.220 e. The molecule has 0 spiro atoms. The van der Waals surface area contributed by atoms with Crippen LogP contribution in [-0.4, -0.2) is 29.0 Å². The first kappa shape index (κ1) is 21.1. The molecule has 2 rings (SSSR count). The molecule has 0 radical (unpaired) electrons. The predicted molar refractivity (Wildman–Crippen MR) is 103 cm³/mol. The summed E-state index contributed by atoms with van der Waals surface area (Å²) in [6.45, 7) is 1.05. The van der Waals surface area contributed by atoms with Gasteiger partial charge in [0.05, 0.1) is 0 Å². The molecule has 1 aliphatic rings. The van der Waals surface area contributed by atoms with Gasteiger partial charge in [-0.25, -0.2) is 0 Å². The Hall–Kier alpha value is -0.910. The zero-order valence-electron chi connectivity index (χ0n) is 14.2. The quantitative estimate of drug-likeness (QED) is 0.737. The lowest BCUT2D eigenvalue weighted by atomic mass is 9.72. The molecule has 1 aromatic carbocycles. The number of hydrogen-bond acceptors (Lipinski definition) is 3. The summed E-state index contributed by atoms with van der Waals surface area (Å²) in [4.78, 5) is 12.1. The van der Waals surface area contributed by atoms with Crippen molar-refractivity contribution in [3.05, 3.63) is 35.9 Å². The van der Waals surface area contributed by atoms with Crippen LogP contribution in [0.5, 0.6) is 0 Å². The summed E-state index contributed by atoms with van der Waals surface area (Å²) < 4.78 is 12.0. The number of nitrogens with one attached hydrogen (secondary N) is 1. The standard InChI is InChI=1S/C18H28N2O2S.ClH/c19-15-18(9-5-2-6-10-18)13-17(21)20-11-12-23(22)14-16-7-3-1-4-8-16;/h1,3-4,7-8H,2,5-6,9-15,19H2,(H,20,21);1H. The smallest absolute Gasteiger partial charge is 0.220 e. The van der Waals surface area contributed by atoms with Gasteiger partial charge in [0, 0.05) is 35.3 Å². The van der Waals surface area contributed by atoms with E-state index in [4.69, 9.17) is 5.73 Å². The second kappa shape index (κ2) is 10.9. The van der Waals surface area contributed by atoms with Crippen LogP contribution in [0.1, 0.15) is 44.1 Å². The largest absolute Gasteiger partial charge is 0.355 e. The molecule has 6 heteroatoms. The van der Waals surface area contributed by atoms with E-state index in [0.717, 1.165) is 18.4 Å². The van der Waals surface area contributed by atoms with E-state index in [1.807, 2.05) is 30.3 Å². The fourth-order valence-electron chi connectivity index (χ4n) is 3.29. The second-order valence-electron chi connectivity index (χ2n) is 6.57. The highest BCUT2D eigenvalue weighted by atomic mass is 35.5. The fourth-order valence-corrected chi connectivity index (χ4v) is 4.33. The fraction of sp³-hybridized carbons (Fsp3) is 0.611. The molecule has 4 nitrogen and oxygen atoms in total. The van der Waals surface area contributed by atoms with Crippen LogP contribution < -0.4 is 11.1 Å². The average molecular weight is 373 g/mol. The van der Waals surface area contributed by atoms with E-state index in [1.54, 1.807) is 0 Å². The maximum absolute atomic E-state index is 12.1. The first-order chi connectivity index (χ1) is 11.1. The highest BCUT2D eigenvalue weighted by Gasteiger charge is 2.32. The number of hydrogen-bond donors (Lipinski definition) is 2. The molecule has 0 aliphatic heterocycles. The predicted octanol–water partition coefficient (Wildman–Crippen LogP) is 2.77. The summed E-state index contributed by atoms with van der Waals surface area (Å²) in [5.41, 5.74) is 6.98. The number of benzene rings is 1. The van der Waals surface area contributed by atoms with Crippen LogP contribution in [0.4, 0.5) is 0 Å². The van der Waals surface area contributed by atoms with E-state index < -0.39 is 10.8 Å². The molecule has 0 bridgehead atoms. The molecule has 136 valence electrons. The maximum atomic E-state index is 12.1. The molecule has 3 N–H and O–H groups in total. The summed E-state index contributed by atoms with van der Waals surface area (Å²) in [6, 6.07) is 9.80. The SMILES string of the molecule is Cl.NCC1(CC(=O)NCCS(=O)Cc2ccccc2)CCCCC1. The lowest BCUT2D eigenvalue weighted by Gasteiger charge is -2.35. The molecule has 1 saturated carbocycles. The van der Waals surface area contributed by atoms with Gasteiger partial charge in [0.15, 0.2) is 0 Å². The van der Waals surface area contributed by atoms with Crippen molar-refractivity contribution in [1.29, 1.82) is 0 Å². The van der Waals surface area contributed by atoms with E-state index in [-0.39, 0.29) is 23.7 Å². The van der Waals surface area contributed by atoms with Gasteiger partial charge in [0.1, 0.15) is 0 Å². The van der Waals surface area contributed by atoms with Crippen LogP contribution in [0.3, 0.4) is 0 Å². The van der Waals surface area contributed by atoms with Crippen molar-refractivity contribution in [3.8, 4) is 0 Å². The van der Waals surface area contributed by atoms with Gasteiger partial charge in [0.25, 0.3) is 0 Å². The molecular formula is C18H29ClN2O2S. The Morgan fingerprint density at radius 3 is 2.46 bits per heavy atom. The van der Waals surface area contributed by atoms with Crippen molar-refractivity contribution in [2.75, 3.05) is 18.8 Å². The Labute approximate surface area is 153 Å². The molecule has 1 amide bonds. The van der Waals surface area contributed by atoms with E-state index >= 15 is 0 Å². The van der Waals surface area contributed by atoms with Crippen molar-refractivity contribution < 1.29 is 9.00 Å². The minimum Gasteiger partial charge on any atom is -0.355 e. The first-order valence-corrected chi connectivity index (χ1v) is 9.98. The monoisotopic (exact) mass is 372 g/mol. The topological polar surface area (TPSA) is 72.2 Å². The zero-order valence-corrected chi connectivity index (χ0v) is 15.8. The third kappa shape index (κ3) is 6.91. The van der Waals surface area contributed by atoms with Crippen molar-refractivity contribution >= 4 is 29.1 Å². The van der Waals surface area contributed by atoms with E-state index in [9.17, 15) is 9.00 Å². The van der Waals surface area contributed by atoms with Crippen molar-refractivity contribution in [2.24, 2.45) is 11.1 Å². The summed E-state index contributed by atoms with van der Waals surface area (Å²) in [6.07, 6.45) is 6.21. The number of rotatable bonds is 8. The molecule has 1 aliphatic carbocycles. The summed E-state index contributed by atoms with van der Waals surface area (Å²) in [5.74, 6) is 1.09. The molecule has 1 unspecified atom stereocenters. The van der Waals surface area contributed by atoms with Gasteiger partial charge in [-0.3, -0.25) is 9.00 Å². The summed E-state index contributed by atoms with van der Waals surface area (Å²) >= 11 is 0. The molecule has 1 aromatic rings. The van der Waals surface area contributed by atoms with Gasteiger partial charge in [-0.15, -0.1) is 12.4 Å². The molecule has 1 fully saturated rings. The summed E-state index contributed by atoms with van der Waals surface area (Å²) in [7, 11) is -0.946. The highest BCUT2D eigenvalue weighted by molar-refractivity contribution is 7.84. The Morgan fingerprint density at radius 2 is 1.83 bits per heavy atom. The van der Waals surface area contributed by atoms with Crippen LogP contribution >= 0.6 is 12.4 Å². The van der Waals surface area contributed by atoms with Crippen LogP contribution in [0, 0.1) is 5.41 Å². The lowest BCUT2D eigenvalue weighted by molar-refractivity contribution is -0.123. The molecular weight excluding hydrogens is 344 g/mol. The van der Waals surface area contributed by atoms with Gasteiger partial charge in [-0.1, -0.05) is 49.6 Å². The highest BCUT2D eigenvalue weighted by Crippen LogP contribution is 2.38. The molecule has 24 heavy (non-hydrogen) atoms. The molecule has 0 saturated heterocycles. The normalized spacial score (nSPS) is 17.5. The van der Waals surface area contributed by atoms with Crippen LogP contribution in [-0.2, 0) is 21.3 Å². The third-order valence-corrected chi connectivity index (χ3v) is 6.02. The molecule has 0 heterocycles. The van der Waals surface area contributed by atoms with Crippen LogP contribution in [0.15, 0.2) is 30.3 Å². The van der Waals surface area contributed by atoms with Crippen molar-refractivity contribution in [1.82, 2.24) is 5.32 Å². The van der Waals surface area contributed by atoms with Crippen molar-refractivity contribution in [2.45, 2.75) is 44.3 Å². The Balaban J connectivity index is 0.00000288. The van der Waals surface area contributed by atoms with E-state index in [0.29, 0.717) is 31.0 Å². The minimum absolute atomic E-state index is 0. The number of halogens is 1. The Bertz CT molecular complexity index is 519. The average Bonchev–Trinajstić information content (AvgIpc) is 2.56. The number of carbonyl (C=O) groups is 1. The first-order valence-electron chi connectivity index (χ1n) is 8.49. The number of nitrogens with two attached hydrogens (primary N) is 1. The minimum atomic E-state index is -0.946. The molecule has 1 atom stereocenters. The lowest BCUT2D eigenvalue weighted by Crippen LogP contribution is -2.39. The van der Waals surface area contributed by atoms with E-state index in [1.165, 1.54) is 19.3 Å². The number of carbonyl (C=O) groups excluding carboxylic acids is 1. The van der Waals surface area contributed by atoms with E-state index in [2.05, 4.69) is 5.32 Å². The van der Waals surface area contributed by atoms with Gasteiger partial charge in [-0.05, 0) is 30.4 Å². The van der Waals surface area contributed by atoms with Gasteiger partial charge in [0.2, 0.25) is 5.91 Å². The van der Waals surface area contributed by atoms with Crippen LogP contribution in [0.2, 0.25) is 0 Å².